The minimum atomic E-state index is 0.661. The van der Waals surface area contributed by atoms with Crippen LogP contribution in [0.15, 0.2) is 28.9 Å². The predicted octanol–water partition coefficient (Wildman–Crippen LogP) is 3.81. The zero-order valence-corrected chi connectivity index (χ0v) is 13.2. The highest BCUT2D eigenvalue weighted by atomic mass is 79.9. The topological polar surface area (TPSA) is 60.2 Å². The van der Waals surface area contributed by atoms with Crippen molar-refractivity contribution in [2.75, 3.05) is 30.8 Å². The van der Waals surface area contributed by atoms with Gasteiger partial charge in [0.1, 0.15) is 0 Å². The molecule has 1 aromatic carbocycles. The van der Waals surface area contributed by atoms with Crippen molar-refractivity contribution >= 4 is 38.2 Å². The highest BCUT2D eigenvalue weighted by Crippen LogP contribution is 2.29. The molecule has 1 heterocycles. The maximum atomic E-state index is 6.01. The van der Waals surface area contributed by atoms with E-state index in [0.717, 1.165) is 47.1 Å². The smallest absolute Gasteiger partial charge is 0.0743 e. The van der Waals surface area contributed by atoms with Gasteiger partial charge in [-0.2, -0.15) is 0 Å². The van der Waals surface area contributed by atoms with Crippen LogP contribution in [-0.4, -0.2) is 24.7 Å². The van der Waals surface area contributed by atoms with E-state index in [0.29, 0.717) is 12.3 Å². The number of hydrogen-bond acceptors (Lipinski definition) is 4. The molecule has 2 aromatic rings. The van der Waals surface area contributed by atoms with Crippen LogP contribution in [0.1, 0.15) is 19.8 Å². The van der Waals surface area contributed by atoms with Gasteiger partial charge in [0.25, 0.3) is 0 Å². The van der Waals surface area contributed by atoms with Crippen molar-refractivity contribution in [3.8, 4) is 0 Å². The molecule has 0 fully saturated rings. The number of nitrogens with two attached hydrogens (primary N) is 1. The number of rotatable bonds is 7. The van der Waals surface area contributed by atoms with Gasteiger partial charge in [-0.1, -0.05) is 29.3 Å². The Morgan fingerprint density at radius 3 is 3.00 bits per heavy atom. The lowest BCUT2D eigenvalue weighted by Crippen LogP contribution is -2.11. The number of unbranched alkanes of at least 4 members (excludes halogenated alkanes) is 1. The third-order valence-electron chi connectivity index (χ3n) is 3.05. The summed E-state index contributed by atoms with van der Waals surface area (Å²) in [6.07, 6.45) is 3.95. The van der Waals surface area contributed by atoms with E-state index >= 15 is 0 Å². The van der Waals surface area contributed by atoms with Gasteiger partial charge in [0, 0.05) is 23.0 Å². The molecular weight excluding hydrogens is 318 g/mol. The van der Waals surface area contributed by atoms with Crippen LogP contribution >= 0.6 is 15.9 Å². The molecule has 0 saturated carbocycles. The fraction of sp³-hybridized carbons (Fsp3) is 0.400. The largest absolute Gasteiger partial charge is 0.396 e. The molecule has 0 unspecified atom stereocenters. The molecule has 0 atom stereocenters. The predicted molar refractivity (Wildman–Crippen MR) is 88.1 cm³/mol. The van der Waals surface area contributed by atoms with E-state index in [2.05, 4.69) is 33.2 Å². The van der Waals surface area contributed by atoms with Gasteiger partial charge in [-0.15, -0.1) is 0 Å². The number of aromatic nitrogens is 1. The molecule has 0 spiro atoms. The fourth-order valence-corrected chi connectivity index (χ4v) is 2.33. The summed E-state index contributed by atoms with van der Waals surface area (Å²) in [7, 11) is 0. The Kier molecular flexibility index (Phi) is 5.61. The lowest BCUT2D eigenvalue weighted by Gasteiger charge is -2.12. The molecule has 0 radical (unpaired) electrons. The van der Waals surface area contributed by atoms with Crippen molar-refractivity contribution in [2.45, 2.75) is 19.8 Å². The van der Waals surface area contributed by atoms with E-state index in [9.17, 15) is 0 Å². The standard InChI is InChI=1S/C15H20BrN3O/c1-2-3-7-20-8-6-18-15-12-5-4-11(16)9-14(12)19-10-13(15)17/h4-5,9-10H,2-3,6-8,17H2,1H3,(H,18,19). The quantitative estimate of drug-likeness (QED) is 0.754. The van der Waals surface area contributed by atoms with Gasteiger partial charge >= 0.3 is 0 Å². The number of ether oxygens (including phenoxy) is 1. The minimum Gasteiger partial charge on any atom is -0.396 e. The summed E-state index contributed by atoms with van der Waals surface area (Å²) in [5.74, 6) is 0. The molecular formula is C15H20BrN3O. The van der Waals surface area contributed by atoms with E-state index < -0.39 is 0 Å². The third-order valence-corrected chi connectivity index (χ3v) is 3.54. The molecule has 0 bridgehead atoms. The third kappa shape index (κ3) is 3.84. The van der Waals surface area contributed by atoms with Gasteiger partial charge < -0.3 is 15.8 Å². The minimum absolute atomic E-state index is 0.661. The summed E-state index contributed by atoms with van der Waals surface area (Å²) in [5.41, 5.74) is 8.52. The number of fused-ring (bicyclic) bond motifs is 1. The van der Waals surface area contributed by atoms with Crippen LogP contribution in [0.5, 0.6) is 0 Å². The maximum absolute atomic E-state index is 6.01. The van der Waals surface area contributed by atoms with Crippen LogP contribution in [0.4, 0.5) is 11.4 Å². The number of anilines is 2. The molecule has 5 heteroatoms. The Morgan fingerprint density at radius 1 is 1.35 bits per heavy atom. The number of hydrogen-bond donors (Lipinski definition) is 2. The SMILES string of the molecule is CCCCOCCNc1c(N)cnc2cc(Br)ccc12. The number of nitrogen functional groups attached to an aromatic ring is 1. The van der Waals surface area contributed by atoms with Gasteiger partial charge in [-0.25, -0.2) is 0 Å². The first-order valence-corrected chi connectivity index (χ1v) is 7.67. The molecule has 20 heavy (non-hydrogen) atoms. The van der Waals surface area contributed by atoms with Crippen LogP contribution < -0.4 is 11.1 Å². The second kappa shape index (κ2) is 7.45. The van der Waals surface area contributed by atoms with E-state index in [1.54, 1.807) is 6.20 Å². The summed E-state index contributed by atoms with van der Waals surface area (Å²) in [6.45, 7) is 4.39. The van der Waals surface area contributed by atoms with Gasteiger partial charge in [0.15, 0.2) is 0 Å². The van der Waals surface area contributed by atoms with Crippen molar-refractivity contribution in [3.05, 3.63) is 28.9 Å². The molecule has 0 aliphatic rings. The van der Waals surface area contributed by atoms with Gasteiger partial charge in [0.2, 0.25) is 0 Å². The normalized spacial score (nSPS) is 10.9. The Labute approximate surface area is 127 Å². The van der Waals surface area contributed by atoms with E-state index in [1.165, 1.54) is 0 Å². The number of pyridine rings is 1. The number of halogens is 1. The van der Waals surface area contributed by atoms with Crippen molar-refractivity contribution in [1.82, 2.24) is 4.98 Å². The molecule has 1 aromatic heterocycles. The summed E-state index contributed by atoms with van der Waals surface area (Å²) < 4.78 is 6.55. The summed E-state index contributed by atoms with van der Waals surface area (Å²) in [6, 6.07) is 5.99. The van der Waals surface area contributed by atoms with E-state index in [4.69, 9.17) is 10.5 Å². The average Bonchev–Trinajstić information content (AvgIpc) is 2.44. The van der Waals surface area contributed by atoms with Crippen LogP contribution in [0, 0.1) is 0 Å². The zero-order valence-electron chi connectivity index (χ0n) is 11.7. The Hall–Kier alpha value is -1.33. The number of nitrogens with zero attached hydrogens (tertiary/aromatic N) is 1. The molecule has 108 valence electrons. The Morgan fingerprint density at radius 2 is 2.20 bits per heavy atom. The van der Waals surface area contributed by atoms with Crippen LogP contribution in [0.2, 0.25) is 0 Å². The Bertz CT molecular complexity index is 574. The summed E-state index contributed by atoms with van der Waals surface area (Å²) >= 11 is 3.45. The van der Waals surface area contributed by atoms with E-state index in [-0.39, 0.29) is 0 Å². The zero-order chi connectivity index (χ0) is 14.4. The van der Waals surface area contributed by atoms with E-state index in [1.807, 2.05) is 18.2 Å². The van der Waals surface area contributed by atoms with Gasteiger partial charge in [-0.05, 0) is 24.6 Å². The van der Waals surface area contributed by atoms with Crippen LogP contribution in [-0.2, 0) is 4.74 Å². The second-order valence-electron chi connectivity index (χ2n) is 4.64. The van der Waals surface area contributed by atoms with Crippen molar-refractivity contribution in [3.63, 3.8) is 0 Å². The van der Waals surface area contributed by atoms with Gasteiger partial charge in [0.05, 0.1) is 29.7 Å². The van der Waals surface area contributed by atoms with Crippen molar-refractivity contribution < 1.29 is 4.74 Å². The first-order chi connectivity index (χ1) is 9.72. The van der Waals surface area contributed by atoms with Crippen LogP contribution in [0.25, 0.3) is 10.9 Å². The lowest BCUT2D eigenvalue weighted by atomic mass is 10.1. The fourth-order valence-electron chi connectivity index (χ4n) is 1.98. The van der Waals surface area contributed by atoms with Crippen molar-refractivity contribution in [2.24, 2.45) is 0 Å². The summed E-state index contributed by atoms with van der Waals surface area (Å²) in [4.78, 5) is 4.34. The first-order valence-electron chi connectivity index (χ1n) is 6.87. The molecule has 3 N–H and O–H groups in total. The highest BCUT2D eigenvalue weighted by molar-refractivity contribution is 9.10. The highest BCUT2D eigenvalue weighted by Gasteiger charge is 2.06. The monoisotopic (exact) mass is 337 g/mol. The lowest BCUT2D eigenvalue weighted by molar-refractivity contribution is 0.141. The maximum Gasteiger partial charge on any atom is 0.0743 e. The molecule has 4 nitrogen and oxygen atoms in total. The number of nitrogens with one attached hydrogen (secondary N) is 1. The molecule has 0 aliphatic carbocycles. The van der Waals surface area contributed by atoms with Crippen molar-refractivity contribution in [1.29, 1.82) is 0 Å². The second-order valence-corrected chi connectivity index (χ2v) is 5.56. The number of benzene rings is 1. The molecule has 0 saturated heterocycles. The molecule has 0 amide bonds. The Balaban J connectivity index is 2.03. The first kappa shape index (κ1) is 15.1. The molecule has 2 rings (SSSR count). The molecule has 0 aliphatic heterocycles. The van der Waals surface area contributed by atoms with Gasteiger partial charge in [-0.3, -0.25) is 4.98 Å². The average molecular weight is 338 g/mol. The van der Waals surface area contributed by atoms with Crippen LogP contribution in [0.3, 0.4) is 0 Å². The summed E-state index contributed by atoms with van der Waals surface area (Å²) in [5, 5.41) is 4.38.